The van der Waals surface area contributed by atoms with Crippen molar-refractivity contribution in [2.75, 3.05) is 20.2 Å². The van der Waals surface area contributed by atoms with Gasteiger partial charge in [-0.15, -0.1) is 24.0 Å². The first-order valence-corrected chi connectivity index (χ1v) is 10.7. The van der Waals surface area contributed by atoms with Crippen LogP contribution in [0.3, 0.4) is 0 Å². The predicted molar refractivity (Wildman–Crippen MR) is 136 cm³/mol. The molecule has 2 N–H and O–H groups in total. The largest absolute Gasteiger partial charge is 0.494 e. The van der Waals surface area contributed by atoms with Crippen LogP contribution in [0.4, 0.5) is 4.39 Å². The van der Waals surface area contributed by atoms with Crippen molar-refractivity contribution in [2.45, 2.75) is 51.9 Å². The molecule has 1 saturated heterocycles. The SMILES string of the molecule is CCNC(=NCc1ccc(OC)c(F)c1)NC1CCN(Cc2ccccc2)C(C)C1.I. The number of hydrogen-bond acceptors (Lipinski definition) is 3. The van der Waals surface area contributed by atoms with Crippen molar-refractivity contribution < 1.29 is 9.13 Å². The van der Waals surface area contributed by atoms with Crippen LogP contribution in [0.1, 0.15) is 37.8 Å². The molecule has 0 bridgehead atoms. The summed E-state index contributed by atoms with van der Waals surface area (Å²) in [6.07, 6.45) is 2.13. The van der Waals surface area contributed by atoms with Gasteiger partial charge in [-0.3, -0.25) is 4.90 Å². The van der Waals surface area contributed by atoms with E-state index < -0.39 is 0 Å². The monoisotopic (exact) mass is 540 g/mol. The number of ether oxygens (including phenoxy) is 1. The number of benzene rings is 2. The Labute approximate surface area is 202 Å². The summed E-state index contributed by atoms with van der Waals surface area (Å²) in [7, 11) is 1.47. The van der Waals surface area contributed by atoms with E-state index in [-0.39, 0.29) is 35.5 Å². The number of methoxy groups -OCH3 is 1. The number of nitrogens with zero attached hydrogens (tertiary/aromatic N) is 2. The summed E-state index contributed by atoms with van der Waals surface area (Å²) < 4.78 is 18.9. The maximum atomic E-state index is 13.9. The first-order valence-electron chi connectivity index (χ1n) is 10.7. The Kier molecular flexibility index (Phi) is 10.5. The summed E-state index contributed by atoms with van der Waals surface area (Å²) in [5.41, 5.74) is 2.17. The van der Waals surface area contributed by atoms with E-state index in [0.717, 1.165) is 44.0 Å². The number of aliphatic imine (C=N–C) groups is 1. The summed E-state index contributed by atoms with van der Waals surface area (Å²) in [4.78, 5) is 7.20. The van der Waals surface area contributed by atoms with Crippen molar-refractivity contribution in [1.29, 1.82) is 0 Å². The van der Waals surface area contributed by atoms with Gasteiger partial charge in [0.15, 0.2) is 17.5 Å². The molecule has 5 nitrogen and oxygen atoms in total. The molecule has 170 valence electrons. The zero-order valence-corrected chi connectivity index (χ0v) is 20.9. The number of halogens is 2. The molecule has 0 spiro atoms. The highest BCUT2D eigenvalue weighted by atomic mass is 127. The highest BCUT2D eigenvalue weighted by molar-refractivity contribution is 14.0. The lowest BCUT2D eigenvalue weighted by molar-refractivity contribution is 0.134. The second-order valence-electron chi connectivity index (χ2n) is 7.83. The van der Waals surface area contributed by atoms with E-state index in [2.05, 4.69) is 64.7 Å². The fraction of sp³-hybridized carbons (Fsp3) is 0.458. The average Bonchev–Trinajstić information content (AvgIpc) is 2.75. The first-order chi connectivity index (χ1) is 14.6. The number of piperidine rings is 1. The topological polar surface area (TPSA) is 48.9 Å². The van der Waals surface area contributed by atoms with Crippen LogP contribution in [-0.2, 0) is 13.1 Å². The van der Waals surface area contributed by atoms with Crippen molar-refractivity contribution >= 4 is 29.9 Å². The average molecular weight is 540 g/mol. The van der Waals surface area contributed by atoms with Crippen molar-refractivity contribution in [2.24, 2.45) is 4.99 Å². The smallest absolute Gasteiger partial charge is 0.191 e. The quantitative estimate of drug-likeness (QED) is 0.307. The van der Waals surface area contributed by atoms with Crippen LogP contribution >= 0.6 is 24.0 Å². The highest BCUT2D eigenvalue weighted by Crippen LogP contribution is 2.20. The van der Waals surface area contributed by atoms with E-state index in [9.17, 15) is 4.39 Å². The van der Waals surface area contributed by atoms with Gasteiger partial charge in [0.1, 0.15) is 0 Å². The minimum atomic E-state index is -0.359. The lowest BCUT2D eigenvalue weighted by Gasteiger charge is -2.38. The van der Waals surface area contributed by atoms with Crippen molar-refractivity contribution in [3.8, 4) is 5.75 Å². The summed E-state index contributed by atoms with van der Waals surface area (Å²) >= 11 is 0. The fourth-order valence-corrected chi connectivity index (χ4v) is 3.90. The Morgan fingerprint density at radius 3 is 2.61 bits per heavy atom. The first kappa shape index (κ1) is 25.4. The van der Waals surface area contributed by atoms with Gasteiger partial charge < -0.3 is 15.4 Å². The molecule has 0 radical (unpaired) electrons. The maximum absolute atomic E-state index is 13.9. The van der Waals surface area contributed by atoms with Crippen molar-refractivity contribution in [3.63, 3.8) is 0 Å². The number of rotatable bonds is 7. The molecule has 1 aliphatic heterocycles. The molecule has 0 saturated carbocycles. The van der Waals surface area contributed by atoms with Crippen LogP contribution in [0.2, 0.25) is 0 Å². The molecule has 2 unspecified atom stereocenters. The molecule has 2 atom stereocenters. The lowest BCUT2D eigenvalue weighted by Crippen LogP contribution is -2.51. The van der Waals surface area contributed by atoms with E-state index >= 15 is 0 Å². The fourth-order valence-electron chi connectivity index (χ4n) is 3.90. The maximum Gasteiger partial charge on any atom is 0.191 e. The van der Waals surface area contributed by atoms with Crippen LogP contribution in [0.15, 0.2) is 53.5 Å². The van der Waals surface area contributed by atoms with E-state index in [1.165, 1.54) is 18.7 Å². The Morgan fingerprint density at radius 1 is 1.19 bits per heavy atom. The molecule has 0 aromatic heterocycles. The third-order valence-corrected chi connectivity index (χ3v) is 5.56. The summed E-state index contributed by atoms with van der Waals surface area (Å²) in [6.45, 7) is 7.59. The van der Waals surface area contributed by atoms with E-state index in [1.54, 1.807) is 6.07 Å². The van der Waals surface area contributed by atoms with Gasteiger partial charge in [-0.1, -0.05) is 36.4 Å². The van der Waals surface area contributed by atoms with Crippen molar-refractivity contribution in [1.82, 2.24) is 15.5 Å². The molecule has 1 fully saturated rings. The zero-order chi connectivity index (χ0) is 21.3. The summed E-state index contributed by atoms with van der Waals surface area (Å²) in [5, 5.41) is 6.88. The molecule has 1 heterocycles. The number of nitrogens with one attached hydrogen (secondary N) is 2. The standard InChI is InChI=1S/C24H33FN4O.HI/c1-4-26-24(27-16-20-10-11-23(30-3)22(25)15-20)28-21-12-13-29(18(2)14-21)17-19-8-6-5-7-9-19;/h5-11,15,18,21H,4,12-14,16-17H2,1-3H3,(H2,26,27,28);1H. The van der Waals surface area contributed by atoms with Crippen LogP contribution in [0, 0.1) is 5.82 Å². The van der Waals surface area contributed by atoms with Crippen LogP contribution in [-0.4, -0.2) is 43.1 Å². The normalized spacial score (nSPS) is 19.4. The molecule has 0 aliphatic carbocycles. The Hall–Kier alpha value is -1.87. The van der Waals surface area contributed by atoms with Gasteiger partial charge in [-0.05, 0) is 49.9 Å². The molecule has 31 heavy (non-hydrogen) atoms. The van der Waals surface area contributed by atoms with E-state index in [0.29, 0.717) is 18.6 Å². The van der Waals surface area contributed by atoms with Gasteiger partial charge in [-0.2, -0.15) is 0 Å². The van der Waals surface area contributed by atoms with Gasteiger partial charge in [0.25, 0.3) is 0 Å². The molecule has 0 amide bonds. The van der Waals surface area contributed by atoms with E-state index in [4.69, 9.17) is 4.74 Å². The van der Waals surface area contributed by atoms with Gasteiger partial charge in [0.05, 0.1) is 13.7 Å². The predicted octanol–water partition coefficient (Wildman–Crippen LogP) is 4.56. The van der Waals surface area contributed by atoms with Crippen LogP contribution < -0.4 is 15.4 Å². The van der Waals surface area contributed by atoms with Gasteiger partial charge >= 0.3 is 0 Å². The molecule has 2 aromatic rings. The minimum absolute atomic E-state index is 0. The van der Waals surface area contributed by atoms with Gasteiger partial charge in [0, 0.05) is 31.7 Å². The summed E-state index contributed by atoms with van der Waals surface area (Å²) in [5.74, 6) is 0.675. The minimum Gasteiger partial charge on any atom is -0.494 e. The highest BCUT2D eigenvalue weighted by Gasteiger charge is 2.25. The molecule has 2 aromatic carbocycles. The molecular formula is C24H34FIN4O. The molecular weight excluding hydrogens is 506 g/mol. The number of hydrogen-bond donors (Lipinski definition) is 2. The third kappa shape index (κ3) is 7.64. The lowest BCUT2D eigenvalue weighted by atomic mass is 9.97. The zero-order valence-electron chi connectivity index (χ0n) is 18.6. The summed E-state index contributed by atoms with van der Waals surface area (Å²) in [6, 6.07) is 16.5. The Morgan fingerprint density at radius 2 is 1.97 bits per heavy atom. The van der Waals surface area contributed by atoms with Gasteiger partial charge in [0.2, 0.25) is 0 Å². The third-order valence-electron chi connectivity index (χ3n) is 5.56. The second kappa shape index (κ2) is 12.9. The Bertz CT molecular complexity index is 834. The molecule has 7 heteroatoms. The molecule has 1 aliphatic rings. The van der Waals surface area contributed by atoms with Crippen molar-refractivity contribution in [3.05, 3.63) is 65.5 Å². The van der Waals surface area contributed by atoms with E-state index in [1.807, 2.05) is 6.07 Å². The van der Waals surface area contributed by atoms with Gasteiger partial charge in [-0.25, -0.2) is 9.38 Å². The number of guanidine groups is 1. The van der Waals surface area contributed by atoms with Crippen LogP contribution in [0.25, 0.3) is 0 Å². The van der Waals surface area contributed by atoms with Crippen LogP contribution in [0.5, 0.6) is 5.75 Å². The molecule has 3 rings (SSSR count). The Balaban J connectivity index is 0.00000341. The second-order valence-corrected chi connectivity index (χ2v) is 7.83. The number of likely N-dealkylation sites (tertiary alicyclic amines) is 1.